The first-order chi connectivity index (χ1) is 13.6. The average molecular weight is 386 g/mol. The summed E-state index contributed by atoms with van der Waals surface area (Å²) < 4.78 is 29.1. The van der Waals surface area contributed by atoms with Crippen molar-refractivity contribution in [2.24, 2.45) is 0 Å². The van der Waals surface area contributed by atoms with E-state index in [1.165, 1.54) is 0 Å². The average Bonchev–Trinajstić information content (AvgIpc) is 3.10. The summed E-state index contributed by atoms with van der Waals surface area (Å²) >= 11 is 0. The van der Waals surface area contributed by atoms with Gasteiger partial charge in [0, 0.05) is 6.42 Å². The summed E-state index contributed by atoms with van der Waals surface area (Å²) in [5, 5.41) is 0. The fourth-order valence-electron chi connectivity index (χ4n) is 3.84. The number of rotatable bonds is 3. The Kier molecular flexibility index (Phi) is 3.74. The van der Waals surface area contributed by atoms with Crippen molar-refractivity contribution in [1.82, 2.24) is 9.55 Å². The lowest BCUT2D eigenvalue weighted by atomic mass is 10.1. The minimum atomic E-state index is -3.65. The van der Waals surface area contributed by atoms with Crippen molar-refractivity contribution >= 4 is 33.0 Å². The molecular weight excluding hydrogens is 368 g/mol. The van der Waals surface area contributed by atoms with Crippen LogP contribution in [-0.4, -0.2) is 18.0 Å². The van der Waals surface area contributed by atoms with Crippen molar-refractivity contribution in [2.45, 2.75) is 23.1 Å². The topological polar surface area (TPSA) is 52.0 Å². The fraction of sp³-hybridized carbons (Fsp3) is 0.0870. The monoisotopic (exact) mass is 386 g/mol. The summed E-state index contributed by atoms with van der Waals surface area (Å²) in [5.41, 5.74) is 3.76. The number of aromatic nitrogens is 2. The third-order valence-electron chi connectivity index (χ3n) is 5.11. The molecular formula is C23H18N2O2S. The number of benzene rings is 3. The van der Waals surface area contributed by atoms with Gasteiger partial charge in [-0.25, -0.2) is 13.4 Å². The van der Waals surface area contributed by atoms with E-state index in [4.69, 9.17) is 4.98 Å². The van der Waals surface area contributed by atoms with Gasteiger partial charge in [-0.1, -0.05) is 67.6 Å². The quantitative estimate of drug-likeness (QED) is 0.414. The molecule has 4 nitrogen and oxygen atoms in total. The van der Waals surface area contributed by atoms with Crippen molar-refractivity contribution < 1.29 is 8.42 Å². The molecule has 138 valence electrons. The lowest BCUT2D eigenvalue weighted by Gasteiger charge is -2.21. The number of nitrogens with zero attached hydrogens (tertiary/aromatic N) is 2. The van der Waals surface area contributed by atoms with Gasteiger partial charge in [0.25, 0.3) is 0 Å². The Hall–Kier alpha value is -3.18. The molecule has 3 aromatic carbocycles. The van der Waals surface area contributed by atoms with Crippen molar-refractivity contribution in [2.75, 3.05) is 0 Å². The van der Waals surface area contributed by atoms with Crippen LogP contribution < -0.4 is 0 Å². The summed E-state index contributed by atoms with van der Waals surface area (Å²) in [5.74, 6) is 0.864. The van der Waals surface area contributed by atoms with E-state index in [1.54, 1.807) is 12.1 Å². The standard InChI is InChI=1S/C23H18N2O2S/c1-2-21-24-18-15-14-17(13-12-16-8-4-3-5-9-16)23-22(18)25(21)19-10-6-7-11-20(19)28(23,26)27/h3-15H,2H2,1H3/b13-12+. The molecule has 0 saturated carbocycles. The van der Waals surface area contributed by atoms with E-state index in [-0.39, 0.29) is 0 Å². The van der Waals surface area contributed by atoms with Gasteiger partial charge in [0.2, 0.25) is 9.84 Å². The summed E-state index contributed by atoms with van der Waals surface area (Å²) in [4.78, 5) is 5.37. The third-order valence-corrected chi connectivity index (χ3v) is 7.00. The van der Waals surface area contributed by atoms with Gasteiger partial charge in [-0.2, -0.15) is 0 Å². The zero-order valence-electron chi connectivity index (χ0n) is 15.3. The highest BCUT2D eigenvalue weighted by atomic mass is 32.2. The molecule has 0 atom stereocenters. The number of fused-ring (bicyclic) bond motifs is 2. The molecule has 2 heterocycles. The molecule has 4 aromatic rings. The number of hydrogen-bond acceptors (Lipinski definition) is 3. The lowest BCUT2D eigenvalue weighted by Crippen LogP contribution is -2.16. The maximum Gasteiger partial charge on any atom is 0.211 e. The Morgan fingerprint density at radius 2 is 1.68 bits per heavy atom. The minimum absolute atomic E-state index is 0.331. The van der Waals surface area contributed by atoms with Gasteiger partial charge in [0.05, 0.1) is 21.6 Å². The third kappa shape index (κ3) is 2.36. The molecule has 1 aliphatic heterocycles. The molecule has 5 heteroatoms. The van der Waals surface area contributed by atoms with Gasteiger partial charge in [0.1, 0.15) is 10.7 Å². The van der Waals surface area contributed by atoms with Crippen LogP contribution in [0.25, 0.3) is 28.9 Å². The highest BCUT2D eigenvalue weighted by Gasteiger charge is 2.34. The van der Waals surface area contributed by atoms with Crippen molar-refractivity contribution in [3.8, 4) is 5.69 Å². The Balaban J connectivity index is 1.85. The normalized spacial score (nSPS) is 14.5. The van der Waals surface area contributed by atoms with Crippen LogP contribution in [0.15, 0.2) is 76.5 Å². The maximum atomic E-state index is 13.5. The molecule has 0 bridgehead atoms. The van der Waals surface area contributed by atoms with Gasteiger partial charge in [-0.3, -0.25) is 4.57 Å². The first kappa shape index (κ1) is 17.0. The zero-order valence-corrected chi connectivity index (χ0v) is 16.1. The minimum Gasteiger partial charge on any atom is -0.294 e. The molecule has 0 spiro atoms. The largest absolute Gasteiger partial charge is 0.294 e. The van der Waals surface area contributed by atoms with Gasteiger partial charge in [-0.05, 0) is 29.3 Å². The van der Waals surface area contributed by atoms with E-state index in [0.717, 1.165) is 17.8 Å². The van der Waals surface area contributed by atoms with E-state index in [1.807, 2.05) is 78.2 Å². The van der Waals surface area contributed by atoms with E-state index >= 15 is 0 Å². The molecule has 0 radical (unpaired) electrons. The highest BCUT2D eigenvalue weighted by Crippen LogP contribution is 2.41. The van der Waals surface area contributed by atoms with Gasteiger partial charge < -0.3 is 0 Å². The Morgan fingerprint density at radius 1 is 0.929 bits per heavy atom. The van der Waals surface area contributed by atoms with E-state index < -0.39 is 9.84 Å². The SMILES string of the molecule is CCc1nc2ccc(/C=C/c3ccccc3)c3c2n1-c1ccccc1S3(=O)=O. The van der Waals surface area contributed by atoms with Crippen LogP contribution in [0, 0.1) is 0 Å². The molecule has 0 N–H and O–H groups in total. The summed E-state index contributed by atoms with van der Waals surface area (Å²) in [6, 6.07) is 20.8. The Morgan fingerprint density at radius 3 is 2.46 bits per heavy atom. The number of hydrogen-bond donors (Lipinski definition) is 0. The molecule has 0 fully saturated rings. The Bertz CT molecular complexity index is 1350. The maximum absolute atomic E-state index is 13.5. The van der Waals surface area contributed by atoms with Crippen molar-refractivity contribution in [1.29, 1.82) is 0 Å². The molecule has 28 heavy (non-hydrogen) atoms. The highest BCUT2D eigenvalue weighted by molar-refractivity contribution is 7.92. The molecule has 0 aliphatic carbocycles. The van der Waals surface area contributed by atoms with Gasteiger partial charge in [-0.15, -0.1) is 0 Å². The van der Waals surface area contributed by atoms with Crippen LogP contribution in [0.4, 0.5) is 0 Å². The van der Waals surface area contributed by atoms with Crippen LogP contribution in [0.2, 0.25) is 0 Å². The fourth-order valence-corrected chi connectivity index (χ4v) is 5.65. The number of aryl methyl sites for hydroxylation is 1. The van der Waals surface area contributed by atoms with Crippen LogP contribution in [0.3, 0.4) is 0 Å². The molecule has 1 aromatic heterocycles. The second kappa shape index (κ2) is 6.17. The van der Waals surface area contributed by atoms with E-state index in [2.05, 4.69) is 0 Å². The van der Waals surface area contributed by atoms with Crippen molar-refractivity contribution in [3.63, 3.8) is 0 Å². The van der Waals surface area contributed by atoms with Crippen LogP contribution in [0.1, 0.15) is 23.9 Å². The Labute approximate surface area is 163 Å². The molecule has 5 rings (SSSR count). The predicted octanol–water partition coefficient (Wildman–Crippen LogP) is 4.90. The summed E-state index contributed by atoms with van der Waals surface area (Å²) in [7, 11) is -3.65. The second-order valence-corrected chi connectivity index (χ2v) is 8.64. The zero-order chi connectivity index (χ0) is 19.3. The smallest absolute Gasteiger partial charge is 0.211 e. The van der Waals surface area contributed by atoms with Crippen LogP contribution in [-0.2, 0) is 16.3 Å². The molecule has 0 amide bonds. The van der Waals surface area contributed by atoms with E-state index in [0.29, 0.717) is 32.1 Å². The van der Waals surface area contributed by atoms with Gasteiger partial charge >= 0.3 is 0 Å². The van der Waals surface area contributed by atoms with Crippen molar-refractivity contribution in [3.05, 3.63) is 83.7 Å². The lowest BCUT2D eigenvalue weighted by molar-refractivity contribution is 0.594. The second-order valence-electron chi connectivity index (χ2n) is 6.78. The first-order valence-electron chi connectivity index (χ1n) is 9.23. The molecule has 0 unspecified atom stereocenters. The summed E-state index contributed by atoms with van der Waals surface area (Å²) in [6.07, 6.45) is 4.53. The van der Waals surface area contributed by atoms with E-state index in [9.17, 15) is 8.42 Å². The van der Waals surface area contributed by atoms with Crippen LogP contribution in [0.5, 0.6) is 0 Å². The van der Waals surface area contributed by atoms with Crippen LogP contribution >= 0.6 is 0 Å². The summed E-state index contributed by atoms with van der Waals surface area (Å²) in [6.45, 7) is 2.03. The number of sulfone groups is 1. The predicted molar refractivity (Wildman–Crippen MR) is 111 cm³/mol. The molecule has 1 aliphatic rings. The number of para-hydroxylation sites is 1. The van der Waals surface area contributed by atoms with Gasteiger partial charge in [0.15, 0.2) is 0 Å². The first-order valence-corrected chi connectivity index (χ1v) is 10.7. The molecule has 0 saturated heterocycles. The number of imidazole rings is 1.